The molecule has 2 rings (SSSR count). The van der Waals surface area contributed by atoms with Crippen molar-refractivity contribution >= 4 is 35.6 Å². The summed E-state index contributed by atoms with van der Waals surface area (Å²) >= 11 is 0. The van der Waals surface area contributed by atoms with Gasteiger partial charge in [0.25, 0.3) is 0 Å². The van der Waals surface area contributed by atoms with Crippen LogP contribution in [0.3, 0.4) is 0 Å². The second-order valence-corrected chi connectivity index (χ2v) is 6.37. The minimum absolute atomic E-state index is 0. The number of hydrogen-bond donors (Lipinski definition) is 2. The number of nitrogens with two attached hydrogens (primary N) is 1. The molecule has 0 radical (unpaired) electrons. The van der Waals surface area contributed by atoms with E-state index in [-0.39, 0.29) is 24.0 Å². The molecule has 5 nitrogen and oxygen atoms in total. The van der Waals surface area contributed by atoms with Gasteiger partial charge in [-0.2, -0.15) is 0 Å². The van der Waals surface area contributed by atoms with Gasteiger partial charge in [-0.25, -0.2) is 0 Å². The van der Waals surface area contributed by atoms with Crippen LogP contribution in [0.5, 0.6) is 0 Å². The average Bonchev–Trinajstić information content (AvgIpc) is 2.55. The number of rotatable bonds is 6. The third kappa shape index (κ3) is 6.22. The number of nitrogens with zero attached hydrogens (tertiary/aromatic N) is 2. The van der Waals surface area contributed by atoms with Crippen molar-refractivity contribution in [2.45, 2.75) is 51.8 Å². The van der Waals surface area contributed by atoms with Crippen molar-refractivity contribution in [1.82, 2.24) is 4.90 Å². The Morgan fingerprint density at radius 3 is 2.88 bits per heavy atom. The topological polar surface area (TPSA) is 62.9 Å². The fourth-order valence-corrected chi connectivity index (χ4v) is 3.21. The van der Waals surface area contributed by atoms with Crippen LogP contribution < -0.4 is 11.1 Å². The first kappa shape index (κ1) is 21.2. The number of hydrogen-bond acceptors (Lipinski definition) is 3. The molecule has 0 amide bonds. The van der Waals surface area contributed by atoms with Gasteiger partial charge in [-0.1, -0.05) is 24.6 Å². The van der Waals surface area contributed by atoms with E-state index in [9.17, 15) is 0 Å². The van der Waals surface area contributed by atoms with Gasteiger partial charge in [0.1, 0.15) is 0 Å². The van der Waals surface area contributed by atoms with E-state index in [1.807, 2.05) is 24.3 Å². The van der Waals surface area contributed by atoms with Gasteiger partial charge in [-0.15, -0.1) is 24.0 Å². The number of anilines is 1. The van der Waals surface area contributed by atoms with Crippen molar-refractivity contribution in [2.75, 3.05) is 25.5 Å². The molecular weight excluding hydrogens is 415 g/mol. The molecule has 0 bridgehead atoms. The average molecular weight is 446 g/mol. The lowest BCUT2D eigenvalue weighted by Crippen LogP contribution is -2.45. The number of para-hydroxylation sites is 1. The van der Waals surface area contributed by atoms with E-state index in [1.165, 1.54) is 25.8 Å². The van der Waals surface area contributed by atoms with Gasteiger partial charge in [0.15, 0.2) is 5.96 Å². The van der Waals surface area contributed by atoms with E-state index in [1.54, 1.807) is 7.11 Å². The predicted octanol–water partition coefficient (Wildman–Crippen LogP) is 3.44. The summed E-state index contributed by atoms with van der Waals surface area (Å²) < 4.78 is 5.21. The van der Waals surface area contributed by atoms with Gasteiger partial charge >= 0.3 is 0 Å². The smallest absolute Gasteiger partial charge is 0.193 e. The number of halogens is 1. The summed E-state index contributed by atoms with van der Waals surface area (Å²) in [5.74, 6) is 0.463. The summed E-state index contributed by atoms with van der Waals surface area (Å²) in [5, 5.41) is 3.19. The molecule has 24 heavy (non-hydrogen) atoms. The second kappa shape index (κ2) is 10.9. The molecule has 1 aromatic carbocycles. The molecule has 1 saturated heterocycles. The second-order valence-electron chi connectivity index (χ2n) is 6.37. The van der Waals surface area contributed by atoms with Crippen molar-refractivity contribution in [3.8, 4) is 0 Å². The zero-order valence-corrected chi connectivity index (χ0v) is 17.3. The number of aliphatic imine (C=N–C) groups is 1. The van der Waals surface area contributed by atoms with Crippen LogP contribution in [0.1, 0.15) is 38.7 Å². The van der Waals surface area contributed by atoms with E-state index in [2.05, 4.69) is 29.1 Å². The standard InChI is InChI=1S/C18H30N4O.HI/c1-14-8-6-7-11-22(14)15(2)12-20-18(19)21-17-10-5-4-9-16(17)13-23-3;/h4-5,9-10,14-15H,6-8,11-13H2,1-3H3,(H3,19,20,21);1H. The molecule has 0 aromatic heterocycles. The first-order valence-electron chi connectivity index (χ1n) is 8.51. The van der Waals surface area contributed by atoms with Crippen molar-refractivity contribution in [3.63, 3.8) is 0 Å². The third-order valence-electron chi connectivity index (χ3n) is 4.53. The molecule has 0 aliphatic carbocycles. The summed E-state index contributed by atoms with van der Waals surface area (Å²) in [6.07, 6.45) is 3.91. The molecule has 6 heteroatoms. The largest absolute Gasteiger partial charge is 0.380 e. The van der Waals surface area contributed by atoms with Crippen molar-refractivity contribution < 1.29 is 4.74 Å². The van der Waals surface area contributed by atoms with Gasteiger partial charge in [0, 0.05) is 30.4 Å². The SMILES string of the molecule is COCc1ccccc1NC(N)=NCC(C)N1CCCCC1C.I. The van der Waals surface area contributed by atoms with Gasteiger partial charge in [-0.05, 0) is 39.3 Å². The molecule has 2 unspecified atom stereocenters. The van der Waals surface area contributed by atoms with Crippen LogP contribution in [-0.4, -0.2) is 43.1 Å². The first-order chi connectivity index (χ1) is 11.1. The molecule has 1 aromatic rings. The number of likely N-dealkylation sites (tertiary alicyclic amines) is 1. The molecule has 0 spiro atoms. The maximum absolute atomic E-state index is 6.06. The highest BCUT2D eigenvalue weighted by Gasteiger charge is 2.22. The van der Waals surface area contributed by atoms with Crippen LogP contribution in [-0.2, 0) is 11.3 Å². The lowest BCUT2D eigenvalue weighted by molar-refractivity contribution is 0.118. The highest BCUT2D eigenvalue weighted by molar-refractivity contribution is 14.0. The fourth-order valence-electron chi connectivity index (χ4n) is 3.21. The Morgan fingerprint density at radius 2 is 2.17 bits per heavy atom. The molecule has 1 fully saturated rings. The maximum atomic E-state index is 6.06. The number of methoxy groups -OCH3 is 1. The number of piperidine rings is 1. The van der Waals surface area contributed by atoms with Crippen LogP contribution in [0.4, 0.5) is 5.69 Å². The Morgan fingerprint density at radius 1 is 1.42 bits per heavy atom. The van der Waals surface area contributed by atoms with Crippen molar-refractivity contribution in [3.05, 3.63) is 29.8 Å². The van der Waals surface area contributed by atoms with Crippen LogP contribution in [0.2, 0.25) is 0 Å². The summed E-state index contributed by atoms with van der Waals surface area (Å²) in [5.41, 5.74) is 8.09. The van der Waals surface area contributed by atoms with Gasteiger partial charge in [-0.3, -0.25) is 9.89 Å². The Balaban J connectivity index is 0.00000288. The van der Waals surface area contributed by atoms with Crippen LogP contribution in [0.25, 0.3) is 0 Å². The molecule has 1 aliphatic heterocycles. The van der Waals surface area contributed by atoms with E-state index >= 15 is 0 Å². The van der Waals surface area contributed by atoms with Gasteiger partial charge in [0.05, 0.1) is 13.2 Å². The highest BCUT2D eigenvalue weighted by Crippen LogP contribution is 2.19. The zero-order valence-electron chi connectivity index (χ0n) is 15.0. The first-order valence-corrected chi connectivity index (χ1v) is 8.51. The van der Waals surface area contributed by atoms with Gasteiger partial charge < -0.3 is 15.8 Å². The summed E-state index contributed by atoms with van der Waals surface area (Å²) in [4.78, 5) is 7.07. The van der Waals surface area contributed by atoms with Crippen molar-refractivity contribution in [1.29, 1.82) is 0 Å². The Kier molecular flexibility index (Phi) is 9.61. The lowest BCUT2D eigenvalue weighted by Gasteiger charge is -2.37. The van der Waals surface area contributed by atoms with Gasteiger partial charge in [0.2, 0.25) is 0 Å². The minimum atomic E-state index is 0. The summed E-state index contributed by atoms with van der Waals surface area (Å²) in [6.45, 7) is 6.98. The minimum Gasteiger partial charge on any atom is -0.380 e. The molecule has 0 saturated carbocycles. The van der Waals surface area contributed by atoms with Crippen LogP contribution >= 0.6 is 24.0 Å². The van der Waals surface area contributed by atoms with E-state index in [0.717, 1.165) is 17.8 Å². The monoisotopic (exact) mass is 446 g/mol. The number of nitrogens with one attached hydrogen (secondary N) is 1. The molecule has 2 atom stereocenters. The summed E-state index contributed by atoms with van der Waals surface area (Å²) in [7, 11) is 1.69. The Labute approximate surface area is 163 Å². The lowest BCUT2D eigenvalue weighted by atomic mass is 10.0. The number of ether oxygens (including phenoxy) is 1. The zero-order chi connectivity index (χ0) is 16.7. The maximum Gasteiger partial charge on any atom is 0.193 e. The number of guanidine groups is 1. The van der Waals surface area contributed by atoms with Crippen LogP contribution in [0.15, 0.2) is 29.3 Å². The fraction of sp³-hybridized carbons (Fsp3) is 0.611. The molecule has 136 valence electrons. The third-order valence-corrected chi connectivity index (χ3v) is 4.53. The van der Waals surface area contributed by atoms with Crippen LogP contribution in [0, 0.1) is 0 Å². The Bertz CT molecular complexity index is 523. The normalized spacial score (nSPS) is 20.3. The molecule has 1 aliphatic rings. The van der Waals surface area contributed by atoms with E-state index in [0.29, 0.717) is 24.7 Å². The molecular formula is C18H31IN4O. The molecule has 3 N–H and O–H groups in total. The van der Waals surface area contributed by atoms with E-state index < -0.39 is 0 Å². The quantitative estimate of drug-likeness (QED) is 0.399. The summed E-state index contributed by atoms with van der Waals surface area (Å²) in [6, 6.07) is 9.05. The van der Waals surface area contributed by atoms with Crippen molar-refractivity contribution in [2.24, 2.45) is 10.7 Å². The highest BCUT2D eigenvalue weighted by atomic mass is 127. The predicted molar refractivity (Wildman–Crippen MR) is 112 cm³/mol. The Hall–Kier alpha value is -0.860. The number of benzene rings is 1. The van der Waals surface area contributed by atoms with E-state index in [4.69, 9.17) is 10.5 Å². The molecule has 1 heterocycles.